The Hall–Kier alpha value is -1.43. The number of methoxy groups -OCH3 is 1. The highest BCUT2D eigenvalue weighted by molar-refractivity contribution is 5.71. The predicted molar refractivity (Wildman–Crippen MR) is 66.0 cm³/mol. The Morgan fingerprint density at radius 2 is 2.11 bits per heavy atom. The summed E-state index contributed by atoms with van der Waals surface area (Å²) in [5, 5.41) is 3.92. The molecule has 0 bridgehead atoms. The van der Waals surface area contributed by atoms with E-state index in [-0.39, 0.29) is 17.9 Å². The minimum Gasteiger partial charge on any atom is -0.468 e. The summed E-state index contributed by atoms with van der Waals surface area (Å²) in [4.78, 5) is 17.4. The van der Waals surface area contributed by atoms with Crippen molar-refractivity contribution in [2.24, 2.45) is 0 Å². The molecule has 6 heteroatoms. The molecule has 0 spiro atoms. The first kappa shape index (κ1) is 14.6. The molecule has 0 saturated heterocycles. The van der Waals surface area contributed by atoms with Crippen LogP contribution in [0.5, 0.6) is 0 Å². The van der Waals surface area contributed by atoms with Gasteiger partial charge in [0.25, 0.3) is 0 Å². The van der Waals surface area contributed by atoms with Crippen LogP contribution in [0.15, 0.2) is 4.52 Å². The monoisotopic (exact) mass is 255 g/mol. The van der Waals surface area contributed by atoms with Crippen LogP contribution >= 0.6 is 0 Å². The molecule has 0 radical (unpaired) electrons. The lowest BCUT2D eigenvalue weighted by Gasteiger charge is -2.16. The lowest BCUT2D eigenvalue weighted by molar-refractivity contribution is -0.142. The van der Waals surface area contributed by atoms with Crippen molar-refractivity contribution < 1.29 is 14.1 Å². The van der Waals surface area contributed by atoms with Crippen LogP contribution < -0.4 is 0 Å². The van der Waals surface area contributed by atoms with Crippen LogP contribution in [0.2, 0.25) is 0 Å². The molecule has 0 N–H and O–H groups in total. The fourth-order valence-corrected chi connectivity index (χ4v) is 1.35. The highest BCUT2D eigenvalue weighted by atomic mass is 16.5. The van der Waals surface area contributed by atoms with E-state index in [1.807, 2.05) is 32.6 Å². The summed E-state index contributed by atoms with van der Waals surface area (Å²) in [5.41, 5.74) is -0.162. The van der Waals surface area contributed by atoms with Gasteiger partial charge in [-0.3, -0.25) is 9.69 Å². The highest BCUT2D eigenvalue weighted by Crippen LogP contribution is 2.19. The average molecular weight is 255 g/mol. The summed E-state index contributed by atoms with van der Waals surface area (Å²) < 4.78 is 9.84. The number of carbonyl (C=O) groups excluding carboxylic acids is 1. The molecule has 0 amide bonds. The Morgan fingerprint density at radius 1 is 1.44 bits per heavy atom. The first-order chi connectivity index (χ1) is 8.36. The van der Waals surface area contributed by atoms with Gasteiger partial charge >= 0.3 is 5.97 Å². The van der Waals surface area contributed by atoms with Gasteiger partial charge in [-0.2, -0.15) is 4.98 Å². The smallest absolute Gasteiger partial charge is 0.319 e. The normalized spacial score (nSPS) is 11.9. The Morgan fingerprint density at radius 3 is 2.56 bits per heavy atom. The van der Waals surface area contributed by atoms with E-state index in [1.54, 1.807) is 0 Å². The molecule has 0 aliphatic rings. The van der Waals surface area contributed by atoms with E-state index in [2.05, 4.69) is 14.9 Å². The van der Waals surface area contributed by atoms with Gasteiger partial charge in [0.1, 0.15) is 0 Å². The lowest BCUT2D eigenvalue weighted by atomic mass is 9.97. The van der Waals surface area contributed by atoms with Crippen molar-refractivity contribution in [3.63, 3.8) is 0 Å². The third-order valence-corrected chi connectivity index (χ3v) is 2.50. The van der Waals surface area contributed by atoms with Crippen molar-refractivity contribution in [3.05, 3.63) is 11.7 Å². The van der Waals surface area contributed by atoms with Crippen molar-refractivity contribution in [2.75, 3.05) is 20.2 Å². The predicted octanol–water partition coefficient (Wildman–Crippen LogP) is 1.36. The van der Waals surface area contributed by atoms with Gasteiger partial charge < -0.3 is 9.26 Å². The maximum atomic E-state index is 11.2. The van der Waals surface area contributed by atoms with Gasteiger partial charge in [0.15, 0.2) is 5.82 Å². The molecule has 0 saturated carbocycles. The number of hydrogen-bond acceptors (Lipinski definition) is 6. The van der Waals surface area contributed by atoms with Gasteiger partial charge in [0, 0.05) is 5.41 Å². The maximum Gasteiger partial charge on any atom is 0.319 e. The zero-order chi connectivity index (χ0) is 13.8. The molecular weight excluding hydrogens is 234 g/mol. The number of carbonyl (C=O) groups is 1. The van der Waals surface area contributed by atoms with Crippen LogP contribution in [-0.2, 0) is 21.5 Å². The van der Waals surface area contributed by atoms with Gasteiger partial charge in [-0.1, -0.05) is 32.9 Å². The quantitative estimate of drug-likeness (QED) is 0.740. The summed E-state index contributed by atoms with van der Waals surface area (Å²) in [7, 11) is 1.38. The number of rotatable bonds is 5. The molecule has 1 rings (SSSR count). The van der Waals surface area contributed by atoms with Crippen LogP contribution in [-0.4, -0.2) is 41.2 Å². The molecule has 18 heavy (non-hydrogen) atoms. The van der Waals surface area contributed by atoms with E-state index >= 15 is 0 Å². The molecule has 0 aliphatic carbocycles. The van der Waals surface area contributed by atoms with E-state index in [0.717, 1.165) is 0 Å². The fraction of sp³-hybridized carbons (Fsp3) is 0.750. The minimum absolute atomic E-state index is 0.162. The standard InChI is InChI=1S/C12H21N3O3/c1-6-15(8-10(16)17-5)7-9-13-11(18-14-9)12(2,3)4/h6-8H2,1-5H3. The molecule has 1 heterocycles. The van der Waals surface area contributed by atoms with Gasteiger partial charge in [0.05, 0.1) is 20.2 Å². The number of likely N-dealkylation sites (N-methyl/N-ethyl adjacent to an activating group) is 1. The third kappa shape index (κ3) is 4.10. The number of nitrogens with zero attached hydrogens (tertiary/aromatic N) is 3. The Bertz CT molecular complexity index is 396. The SMILES string of the molecule is CCN(CC(=O)OC)Cc1noc(C(C)(C)C)n1. The van der Waals surface area contributed by atoms with E-state index in [0.29, 0.717) is 24.8 Å². The Kier molecular flexibility index (Phi) is 4.84. The van der Waals surface area contributed by atoms with Crippen LogP contribution in [0.1, 0.15) is 39.4 Å². The summed E-state index contributed by atoms with van der Waals surface area (Å²) in [5.74, 6) is 0.925. The van der Waals surface area contributed by atoms with Crippen molar-refractivity contribution in [1.82, 2.24) is 15.0 Å². The van der Waals surface area contributed by atoms with Gasteiger partial charge in [-0.15, -0.1) is 0 Å². The topological polar surface area (TPSA) is 68.5 Å². The van der Waals surface area contributed by atoms with E-state index < -0.39 is 0 Å². The molecule has 0 aromatic carbocycles. The number of esters is 1. The molecule has 1 aromatic rings. The first-order valence-electron chi connectivity index (χ1n) is 5.99. The molecule has 0 aliphatic heterocycles. The lowest BCUT2D eigenvalue weighted by Crippen LogP contribution is -2.30. The molecule has 0 unspecified atom stereocenters. The van der Waals surface area contributed by atoms with Gasteiger partial charge in [-0.05, 0) is 6.54 Å². The number of aromatic nitrogens is 2. The van der Waals surface area contributed by atoms with Crippen LogP contribution in [0, 0.1) is 0 Å². The second-order valence-electron chi connectivity index (χ2n) is 5.15. The van der Waals surface area contributed by atoms with Crippen molar-refractivity contribution in [1.29, 1.82) is 0 Å². The zero-order valence-electron chi connectivity index (χ0n) is 11.7. The van der Waals surface area contributed by atoms with Crippen LogP contribution in [0.25, 0.3) is 0 Å². The number of ether oxygens (including phenoxy) is 1. The van der Waals surface area contributed by atoms with Crippen molar-refractivity contribution in [3.8, 4) is 0 Å². The summed E-state index contributed by atoms with van der Waals surface area (Å²) in [6, 6.07) is 0. The second kappa shape index (κ2) is 5.95. The van der Waals surface area contributed by atoms with Gasteiger partial charge in [-0.25, -0.2) is 0 Å². The zero-order valence-corrected chi connectivity index (χ0v) is 11.7. The number of hydrogen-bond donors (Lipinski definition) is 0. The second-order valence-corrected chi connectivity index (χ2v) is 5.15. The highest BCUT2D eigenvalue weighted by Gasteiger charge is 2.22. The molecular formula is C12H21N3O3. The maximum absolute atomic E-state index is 11.2. The average Bonchev–Trinajstić information content (AvgIpc) is 2.76. The molecule has 0 atom stereocenters. The van der Waals surface area contributed by atoms with E-state index in [4.69, 9.17) is 4.52 Å². The minimum atomic E-state index is -0.267. The largest absolute Gasteiger partial charge is 0.468 e. The van der Waals surface area contributed by atoms with Crippen LogP contribution in [0.3, 0.4) is 0 Å². The molecule has 102 valence electrons. The first-order valence-corrected chi connectivity index (χ1v) is 5.99. The summed E-state index contributed by atoms with van der Waals surface area (Å²) >= 11 is 0. The summed E-state index contributed by atoms with van der Waals surface area (Å²) in [6.45, 7) is 9.42. The van der Waals surface area contributed by atoms with Crippen molar-refractivity contribution >= 4 is 5.97 Å². The summed E-state index contributed by atoms with van der Waals surface area (Å²) in [6.07, 6.45) is 0. The fourth-order valence-electron chi connectivity index (χ4n) is 1.35. The van der Waals surface area contributed by atoms with Crippen LogP contribution in [0.4, 0.5) is 0 Å². The van der Waals surface area contributed by atoms with Crippen molar-refractivity contribution in [2.45, 2.75) is 39.7 Å². The van der Waals surface area contributed by atoms with E-state index in [1.165, 1.54) is 7.11 Å². The third-order valence-electron chi connectivity index (χ3n) is 2.50. The molecule has 1 aromatic heterocycles. The molecule has 6 nitrogen and oxygen atoms in total. The molecule has 0 fully saturated rings. The Balaban J connectivity index is 2.65. The van der Waals surface area contributed by atoms with Gasteiger partial charge in [0.2, 0.25) is 5.89 Å². The van der Waals surface area contributed by atoms with E-state index in [9.17, 15) is 4.79 Å². The Labute approximate surface area is 107 Å².